The van der Waals surface area contributed by atoms with Gasteiger partial charge in [0.1, 0.15) is 17.3 Å². The molecule has 0 saturated carbocycles. The summed E-state index contributed by atoms with van der Waals surface area (Å²) in [5.74, 6) is 1.54. The van der Waals surface area contributed by atoms with E-state index in [-0.39, 0.29) is 22.8 Å². The molecule has 7 rings (SSSR count). The lowest BCUT2D eigenvalue weighted by molar-refractivity contribution is 0.187. The molecule has 196 valence electrons. The van der Waals surface area contributed by atoms with Crippen molar-refractivity contribution in [2.45, 2.75) is 51.6 Å². The standard InChI is InChI=1S/C29H32FN7O/c1-17-26(36-12-8-29(9-13-36)15-18-14-19(30)5-6-20(18)25(29)31)34-22-16-32-27(24(22)33-17)37-10-3-4-21-23(37)7-11-35(2)28(21)38/h5-7,11,14,25H,3-4,8-10,12-13,15-16,31H2,1-2H3/t25-/m1/s1. The van der Waals surface area contributed by atoms with E-state index in [0.717, 1.165) is 103 Å². The third-order valence-corrected chi connectivity index (χ3v) is 9.11. The SMILES string of the molecule is Cc1nc2c(nc1N1CCC3(CC1)Cc1cc(F)ccc1[C@H]3N)CN=C2N1CCCc2c1ccn(C)c2=O. The number of fused-ring (bicyclic) bond motifs is 3. The van der Waals surface area contributed by atoms with Crippen LogP contribution in [-0.4, -0.2) is 40.0 Å². The van der Waals surface area contributed by atoms with Crippen molar-refractivity contribution in [3.8, 4) is 0 Å². The number of halogens is 1. The van der Waals surface area contributed by atoms with Gasteiger partial charge in [-0.3, -0.25) is 9.79 Å². The van der Waals surface area contributed by atoms with Crippen LogP contribution in [0.3, 0.4) is 0 Å². The van der Waals surface area contributed by atoms with Crippen LogP contribution in [0.15, 0.2) is 40.2 Å². The van der Waals surface area contributed by atoms with Crippen LogP contribution in [0.2, 0.25) is 0 Å². The first-order valence-electron chi connectivity index (χ1n) is 13.5. The highest BCUT2D eigenvalue weighted by atomic mass is 19.1. The van der Waals surface area contributed by atoms with Gasteiger partial charge in [0.2, 0.25) is 0 Å². The summed E-state index contributed by atoms with van der Waals surface area (Å²) in [6, 6.07) is 6.99. The van der Waals surface area contributed by atoms with Crippen LogP contribution in [0.25, 0.3) is 0 Å². The molecule has 1 aromatic carbocycles. The molecule has 1 aliphatic carbocycles. The van der Waals surface area contributed by atoms with Gasteiger partial charge >= 0.3 is 0 Å². The Morgan fingerprint density at radius 1 is 1.13 bits per heavy atom. The lowest BCUT2D eigenvalue weighted by Crippen LogP contribution is -2.45. The predicted molar refractivity (Wildman–Crippen MR) is 145 cm³/mol. The highest BCUT2D eigenvalue weighted by Gasteiger charge is 2.46. The fourth-order valence-electron chi connectivity index (χ4n) is 6.99. The van der Waals surface area contributed by atoms with Gasteiger partial charge in [-0.05, 0) is 73.8 Å². The number of hydrogen-bond acceptors (Lipinski definition) is 7. The van der Waals surface area contributed by atoms with Crippen LogP contribution in [0.5, 0.6) is 0 Å². The Morgan fingerprint density at radius 2 is 1.95 bits per heavy atom. The number of piperidine rings is 1. The average Bonchev–Trinajstić information content (AvgIpc) is 3.43. The van der Waals surface area contributed by atoms with Crippen LogP contribution in [-0.2, 0) is 26.4 Å². The van der Waals surface area contributed by atoms with E-state index < -0.39 is 0 Å². The molecule has 1 saturated heterocycles. The van der Waals surface area contributed by atoms with Crippen molar-refractivity contribution in [3.05, 3.63) is 80.4 Å². The molecule has 1 spiro atoms. The number of pyridine rings is 1. The molecule has 4 aliphatic rings. The molecule has 9 heteroatoms. The number of nitrogens with zero attached hydrogens (tertiary/aromatic N) is 6. The molecular weight excluding hydrogens is 481 g/mol. The lowest BCUT2D eigenvalue weighted by Gasteiger charge is -2.43. The first-order valence-corrected chi connectivity index (χ1v) is 13.5. The van der Waals surface area contributed by atoms with E-state index in [4.69, 9.17) is 20.7 Å². The van der Waals surface area contributed by atoms with Gasteiger partial charge in [0.15, 0.2) is 5.84 Å². The number of amidine groups is 1. The zero-order chi connectivity index (χ0) is 26.2. The normalized spacial score (nSPS) is 21.4. The van der Waals surface area contributed by atoms with Crippen LogP contribution in [0.1, 0.15) is 59.1 Å². The predicted octanol–water partition coefficient (Wildman–Crippen LogP) is 3.18. The van der Waals surface area contributed by atoms with Gasteiger partial charge in [-0.15, -0.1) is 0 Å². The molecule has 1 atom stereocenters. The maximum absolute atomic E-state index is 13.8. The summed E-state index contributed by atoms with van der Waals surface area (Å²) >= 11 is 0. The maximum Gasteiger partial charge on any atom is 0.255 e. The Balaban J connectivity index is 1.13. The van der Waals surface area contributed by atoms with Crippen LogP contribution >= 0.6 is 0 Å². The molecule has 2 aromatic heterocycles. The molecule has 2 N–H and O–H groups in total. The van der Waals surface area contributed by atoms with Crippen molar-refractivity contribution in [2.24, 2.45) is 23.2 Å². The van der Waals surface area contributed by atoms with Crippen molar-refractivity contribution < 1.29 is 4.39 Å². The van der Waals surface area contributed by atoms with Gasteiger partial charge < -0.3 is 20.1 Å². The Kier molecular flexibility index (Phi) is 5.24. The molecule has 3 aromatic rings. The fraction of sp³-hybridized carbons (Fsp3) is 0.448. The Labute approximate surface area is 221 Å². The Bertz CT molecular complexity index is 1550. The second-order valence-electron chi connectivity index (χ2n) is 11.3. The maximum atomic E-state index is 13.8. The number of anilines is 2. The second kappa shape index (κ2) is 8.46. The van der Waals surface area contributed by atoms with Gasteiger partial charge in [-0.2, -0.15) is 0 Å². The number of benzene rings is 1. The molecular formula is C29H32FN7O. The highest BCUT2D eigenvalue weighted by molar-refractivity contribution is 6.11. The van der Waals surface area contributed by atoms with Gasteiger partial charge in [0, 0.05) is 44.5 Å². The molecule has 5 heterocycles. The monoisotopic (exact) mass is 513 g/mol. The second-order valence-corrected chi connectivity index (χ2v) is 11.3. The summed E-state index contributed by atoms with van der Waals surface area (Å²) < 4.78 is 15.5. The molecule has 38 heavy (non-hydrogen) atoms. The molecule has 0 bridgehead atoms. The van der Waals surface area contributed by atoms with Crippen molar-refractivity contribution >= 4 is 17.3 Å². The minimum atomic E-state index is -0.188. The van der Waals surface area contributed by atoms with E-state index in [9.17, 15) is 9.18 Å². The fourth-order valence-corrected chi connectivity index (χ4v) is 6.99. The zero-order valence-electron chi connectivity index (χ0n) is 21.9. The minimum Gasteiger partial charge on any atom is -0.355 e. The van der Waals surface area contributed by atoms with Crippen molar-refractivity contribution in [1.29, 1.82) is 0 Å². The third-order valence-electron chi connectivity index (χ3n) is 9.11. The van der Waals surface area contributed by atoms with E-state index >= 15 is 0 Å². The summed E-state index contributed by atoms with van der Waals surface area (Å²) in [4.78, 5) is 32.1. The molecule has 0 amide bonds. The van der Waals surface area contributed by atoms with Crippen LogP contribution < -0.4 is 21.1 Å². The van der Waals surface area contributed by atoms with Gasteiger partial charge in [-0.25, -0.2) is 14.4 Å². The zero-order valence-corrected chi connectivity index (χ0v) is 21.9. The number of aryl methyl sites for hydroxylation is 2. The van der Waals surface area contributed by atoms with E-state index in [2.05, 4.69) is 9.80 Å². The van der Waals surface area contributed by atoms with Gasteiger partial charge in [-0.1, -0.05) is 6.07 Å². The number of nitrogens with two attached hydrogens (primary N) is 1. The quantitative estimate of drug-likeness (QED) is 0.537. The van der Waals surface area contributed by atoms with Gasteiger partial charge in [0.25, 0.3) is 5.56 Å². The van der Waals surface area contributed by atoms with Crippen molar-refractivity contribution in [2.75, 3.05) is 29.4 Å². The van der Waals surface area contributed by atoms with Crippen LogP contribution in [0, 0.1) is 18.2 Å². The van der Waals surface area contributed by atoms with E-state index in [0.29, 0.717) is 6.54 Å². The van der Waals surface area contributed by atoms with Gasteiger partial charge in [0.05, 0.1) is 23.6 Å². The number of rotatable bonds is 1. The van der Waals surface area contributed by atoms with Crippen molar-refractivity contribution in [3.63, 3.8) is 0 Å². The summed E-state index contributed by atoms with van der Waals surface area (Å²) in [5, 5.41) is 0. The molecule has 3 aliphatic heterocycles. The largest absolute Gasteiger partial charge is 0.355 e. The van der Waals surface area contributed by atoms with E-state index in [1.807, 2.05) is 25.3 Å². The Hall–Kier alpha value is -3.59. The molecule has 8 nitrogen and oxygen atoms in total. The molecule has 1 fully saturated rings. The third kappa shape index (κ3) is 3.44. The molecule has 0 radical (unpaired) electrons. The van der Waals surface area contributed by atoms with E-state index in [1.165, 1.54) is 6.07 Å². The summed E-state index contributed by atoms with van der Waals surface area (Å²) in [6.45, 7) is 5.00. The van der Waals surface area contributed by atoms with Crippen LogP contribution in [0.4, 0.5) is 15.9 Å². The first kappa shape index (κ1) is 23.5. The average molecular weight is 514 g/mol. The minimum absolute atomic E-state index is 0.0281. The van der Waals surface area contributed by atoms with E-state index in [1.54, 1.807) is 17.7 Å². The summed E-state index contributed by atoms with van der Waals surface area (Å²) in [6.07, 6.45) is 6.21. The lowest BCUT2D eigenvalue weighted by atomic mass is 9.73. The topological polar surface area (TPSA) is 92.6 Å². The highest BCUT2D eigenvalue weighted by Crippen LogP contribution is 2.51. The first-order chi connectivity index (χ1) is 18.3. The number of aromatic nitrogens is 3. The molecule has 0 unspecified atom stereocenters. The van der Waals surface area contributed by atoms with Crippen molar-refractivity contribution in [1.82, 2.24) is 14.5 Å². The summed E-state index contributed by atoms with van der Waals surface area (Å²) in [7, 11) is 1.79. The Morgan fingerprint density at radius 3 is 2.76 bits per heavy atom. The smallest absolute Gasteiger partial charge is 0.255 e. The number of hydrogen-bond donors (Lipinski definition) is 1. The number of aliphatic imine (C=N–C) groups is 1. The summed E-state index contributed by atoms with van der Waals surface area (Å²) in [5.41, 5.74) is 13.3.